The van der Waals surface area contributed by atoms with Gasteiger partial charge in [0.25, 0.3) is 5.91 Å². The van der Waals surface area contributed by atoms with E-state index in [1.807, 2.05) is 13.0 Å². The summed E-state index contributed by atoms with van der Waals surface area (Å²) < 4.78 is 21.8. The van der Waals surface area contributed by atoms with Crippen LogP contribution >= 0.6 is 11.6 Å². The van der Waals surface area contributed by atoms with Gasteiger partial charge in [-0.3, -0.25) is 4.79 Å². The van der Waals surface area contributed by atoms with Crippen molar-refractivity contribution in [2.24, 2.45) is 5.73 Å². The molecule has 1 atom stereocenters. The number of esters is 1. The normalized spacial score (nSPS) is 15.1. The van der Waals surface area contributed by atoms with E-state index in [1.165, 1.54) is 7.11 Å². The van der Waals surface area contributed by atoms with Gasteiger partial charge in [-0.2, -0.15) is 5.26 Å². The van der Waals surface area contributed by atoms with Gasteiger partial charge in [-0.25, -0.2) is 4.79 Å². The quantitative estimate of drug-likeness (QED) is 0.500. The summed E-state index contributed by atoms with van der Waals surface area (Å²) >= 11 is 6.01. The van der Waals surface area contributed by atoms with Crippen molar-refractivity contribution in [3.63, 3.8) is 0 Å². The van der Waals surface area contributed by atoms with Crippen molar-refractivity contribution in [3.8, 4) is 17.6 Å². The number of anilines is 1. The van der Waals surface area contributed by atoms with Gasteiger partial charge >= 0.3 is 5.97 Å². The topological polar surface area (TPSA) is 133 Å². The van der Waals surface area contributed by atoms with Crippen LogP contribution in [0.2, 0.25) is 5.02 Å². The largest absolute Gasteiger partial charge is 0.493 e. The molecule has 0 bridgehead atoms. The van der Waals surface area contributed by atoms with E-state index in [2.05, 4.69) is 5.32 Å². The Balaban J connectivity index is 1.86. The number of halogens is 1. The molecule has 0 saturated carbocycles. The number of nitrogens with two attached hydrogens (primary N) is 1. The zero-order valence-corrected chi connectivity index (χ0v) is 21.1. The zero-order valence-electron chi connectivity index (χ0n) is 20.3. The first-order chi connectivity index (χ1) is 17.2. The maximum Gasteiger partial charge on any atom is 0.338 e. The summed E-state index contributed by atoms with van der Waals surface area (Å²) in [4.78, 5) is 25.2. The van der Waals surface area contributed by atoms with Crippen molar-refractivity contribution in [1.82, 2.24) is 0 Å². The van der Waals surface area contributed by atoms with Gasteiger partial charge in [-0.1, -0.05) is 23.7 Å². The first kappa shape index (κ1) is 26.4. The molecule has 1 amide bonds. The average molecular weight is 512 g/mol. The summed E-state index contributed by atoms with van der Waals surface area (Å²) in [7, 11) is 1.44. The van der Waals surface area contributed by atoms with Gasteiger partial charge in [0.15, 0.2) is 18.1 Å². The second-order valence-electron chi connectivity index (χ2n) is 7.82. The Labute approximate surface area is 214 Å². The lowest BCUT2D eigenvalue weighted by Gasteiger charge is -2.27. The average Bonchev–Trinajstić information content (AvgIpc) is 2.84. The highest BCUT2D eigenvalue weighted by molar-refractivity contribution is 6.31. The summed E-state index contributed by atoms with van der Waals surface area (Å²) in [5, 5.41) is 13.0. The van der Waals surface area contributed by atoms with Crippen molar-refractivity contribution in [2.45, 2.75) is 26.7 Å². The fourth-order valence-electron chi connectivity index (χ4n) is 3.73. The van der Waals surface area contributed by atoms with E-state index < -0.39 is 11.9 Å². The van der Waals surface area contributed by atoms with Crippen LogP contribution in [-0.4, -0.2) is 32.2 Å². The Hall–Kier alpha value is -4.16. The summed E-state index contributed by atoms with van der Waals surface area (Å²) in [6, 6.07) is 12.1. The number of hydrogen-bond acceptors (Lipinski definition) is 8. The number of rotatable bonds is 8. The Morgan fingerprint density at radius 3 is 2.61 bits per heavy atom. The number of allylic oxidation sites excluding steroid dienone is 2. The van der Waals surface area contributed by atoms with Crippen molar-refractivity contribution in [2.75, 3.05) is 25.6 Å². The number of aryl methyl sites for hydroxylation is 1. The molecule has 36 heavy (non-hydrogen) atoms. The van der Waals surface area contributed by atoms with Crippen LogP contribution in [0, 0.1) is 18.3 Å². The molecule has 188 valence electrons. The number of nitriles is 1. The summed E-state index contributed by atoms with van der Waals surface area (Å²) in [6.45, 7) is 4.97. The van der Waals surface area contributed by atoms with Gasteiger partial charge in [-0.15, -0.1) is 0 Å². The lowest BCUT2D eigenvalue weighted by atomic mass is 9.83. The minimum Gasteiger partial charge on any atom is -0.493 e. The molecule has 3 rings (SSSR count). The lowest BCUT2D eigenvalue weighted by Crippen LogP contribution is -2.25. The number of hydrogen-bond donors (Lipinski definition) is 2. The molecule has 2 aromatic carbocycles. The molecule has 0 aliphatic carbocycles. The molecule has 1 heterocycles. The predicted octanol–water partition coefficient (Wildman–Crippen LogP) is 4.32. The number of nitrogens with zero attached hydrogens (tertiary/aromatic N) is 1. The molecule has 2 aromatic rings. The Bertz CT molecular complexity index is 1300. The van der Waals surface area contributed by atoms with E-state index in [9.17, 15) is 14.9 Å². The minimum atomic E-state index is -0.833. The first-order valence-corrected chi connectivity index (χ1v) is 11.4. The van der Waals surface area contributed by atoms with Crippen LogP contribution in [0.5, 0.6) is 11.5 Å². The highest BCUT2D eigenvalue weighted by Gasteiger charge is 2.36. The highest BCUT2D eigenvalue weighted by Crippen LogP contribution is 2.42. The molecule has 0 fully saturated rings. The summed E-state index contributed by atoms with van der Waals surface area (Å²) in [6.07, 6.45) is 0. The van der Waals surface area contributed by atoms with Crippen LogP contribution in [0.25, 0.3) is 0 Å². The molecule has 0 spiro atoms. The third-order valence-electron chi connectivity index (χ3n) is 5.45. The number of carbonyl (C=O) groups excluding carboxylic acids is 2. The number of methoxy groups -OCH3 is 1. The van der Waals surface area contributed by atoms with E-state index in [0.717, 1.165) is 5.56 Å². The van der Waals surface area contributed by atoms with Crippen molar-refractivity contribution in [1.29, 1.82) is 5.26 Å². The molecule has 10 heteroatoms. The molecule has 1 aliphatic rings. The smallest absolute Gasteiger partial charge is 0.338 e. The van der Waals surface area contributed by atoms with Crippen LogP contribution in [0.15, 0.2) is 59.2 Å². The van der Waals surface area contributed by atoms with E-state index in [1.54, 1.807) is 50.2 Å². The molecule has 1 aliphatic heterocycles. The Kier molecular flexibility index (Phi) is 8.46. The molecular formula is C26H26ClN3O6. The Morgan fingerprint density at radius 1 is 1.19 bits per heavy atom. The van der Waals surface area contributed by atoms with E-state index in [0.29, 0.717) is 27.8 Å². The van der Waals surface area contributed by atoms with Gasteiger partial charge in [0, 0.05) is 10.7 Å². The van der Waals surface area contributed by atoms with Crippen LogP contribution in [0.3, 0.4) is 0 Å². The van der Waals surface area contributed by atoms with Gasteiger partial charge in [0.05, 0.1) is 25.2 Å². The van der Waals surface area contributed by atoms with E-state index in [-0.39, 0.29) is 41.9 Å². The maximum atomic E-state index is 12.7. The van der Waals surface area contributed by atoms with Gasteiger partial charge in [0.1, 0.15) is 17.4 Å². The number of ether oxygens (including phenoxy) is 4. The predicted molar refractivity (Wildman–Crippen MR) is 133 cm³/mol. The molecule has 9 nitrogen and oxygen atoms in total. The van der Waals surface area contributed by atoms with Crippen molar-refractivity contribution >= 4 is 29.2 Å². The third-order valence-corrected chi connectivity index (χ3v) is 5.69. The van der Waals surface area contributed by atoms with Crippen molar-refractivity contribution < 1.29 is 28.5 Å². The lowest BCUT2D eigenvalue weighted by molar-refractivity contribution is -0.139. The van der Waals surface area contributed by atoms with E-state index >= 15 is 0 Å². The third kappa shape index (κ3) is 5.73. The van der Waals surface area contributed by atoms with Crippen LogP contribution in [0.4, 0.5) is 5.69 Å². The van der Waals surface area contributed by atoms with Crippen LogP contribution in [-0.2, 0) is 19.1 Å². The van der Waals surface area contributed by atoms with Gasteiger partial charge < -0.3 is 30.0 Å². The fourth-order valence-corrected chi connectivity index (χ4v) is 3.90. The Morgan fingerprint density at radius 2 is 1.94 bits per heavy atom. The summed E-state index contributed by atoms with van der Waals surface area (Å²) in [5.74, 6) is -1.11. The molecule has 0 radical (unpaired) electrons. The van der Waals surface area contributed by atoms with Crippen LogP contribution in [0.1, 0.15) is 30.9 Å². The molecule has 3 N–H and O–H groups in total. The molecule has 0 saturated heterocycles. The van der Waals surface area contributed by atoms with Crippen molar-refractivity contribution in [3.05, 3.63) is 75.3 Å². The molecular weight excluding hydrogens is 486 g/mol. The van der Waals surface area contributed by atoms with Crippen LogP contribution < -0.4 is 20.5 Å². The monoisotopic (exact) mass is 511 g/mol. The van der Waals surface area contributed by atoms with Gasteiger partial charge in [0.2, 0.25) is 5.88 Å². The maximum absolute atomic E-state index is 12.7. The SMILES string of the molecule is CCOC(=O)C1=C(C)OC(N)=C(C#N)C1c1ccc(OCC(=O)Nc2cc(Cl)ccc2C)c(OC)c1. The number of nitrogens with one attached hydrogen (secondary N) is 1. The number of benzene rings is 2. The number of carbonyl (C=O) groups is 2. The highest BCUT2D eigenvalue weighted by atomic mass is 35.5. The minimum absolute atomic E-state index is 0.0654. The summed E-state index contributed by atoms with van der Waals surface area (Å²) in [5.41, 5.74) is 8.14. The fraction of sp³-hybridized carbons (Fsp3) is 0.269. The number of amides is 1. The second-order valence-corrected chi connectivity index (χ2v) is 8.26. The molecule has 1 unspecified atom stereocenters. The first-order valence-electron chi connectivity index (χ1n) is 11.0. The second kappa shape index (κ2) is 11.5. The zero-order chi connectivity index (χ0) is 26.4. The molecule has 0 aromatic heterocycles. The van der Waals surface area contributed by atoms with Gasteiger partial charge in [-0.05, 0) is 56.2 Å². The van der Waals surface area contributed by atoms with E-state index in [4.69, 9.17) is 36.3 Å². The standard InChI is InChI=1S/C26H26ClN3O6/c1-5-34-26(32)23-15(3)36-25(29)18(12-28)24(23)16-7-9-20(21(10-16)33-4)35-13-22(31)30-19-11-17(27)8-6-14(19)2/h6-11,24H,5,13,29H2,1-4H3,(H,30,31).